The fourth-order valence-corrected chi connectivity index (χ4v) is 4.43. The number of anilines is 1. The summed E-state index contributed by atoms with van der Waals surface area (Å²) in [5, 5.41) is 3.05. The number of amides is 1. The van der Waals surface area contributed by atoms with Gasteiger partial charge in [-0.1, -0.05) is 6.42 Å². The van der Waals surface area contributed by atoms with Crippen LogP contribution in [0.15, 0.2) is 36.5 Å². The van der Waals surface area contributed by atoms with E-state index in [1.807, 2.05) is 37.3 Å². The SMILES string of the molecule is Cc1ccnc(Oc2ccc(NC(=O)C3CC4CCCC(C3)C4N)cc2)n1. The third-order valence-corrected chi connectivity index (χ3v) is 5.89. The number of aromatic nitrogens is 2. The van der Waals surface area contributed by atoms with E-state index in [9.17, 15) is 4.79 Å². The lowest BCUT2D eigenvalue weighted by Gasteiger charge is -2.43. The summed E-state index contributed by atoms with van der Waals surface area (Å²) in [6.45, 7) is 1.89. The number of hydrogen-bond donors (Lipinski definition) is 2. The molecule has 2 bridgehead atoms. The fraction of sp³-hybridized carbons (Fsp3) is 0.476. The summed E-state index contributed by atoms with van der Waals surface area (Å²) in [6, 6.07) is 9.73. The monoisotopic (exact) mass is 366 g/mol. The van der Waals surface area contributed by atoms with E-state index in [1.54, 1.807) is 6.20 Å². The minimum Gasteiger partial charge on any atom is -0.424 e. The standard InChI is InChI=1S/C21H26N4O2/c1-13-9-10-23-21(24-13)27-18-7-5-17(6-8-18)25-20(26)16-11-14-3-2-4-15(12-16)19(14)22/h5-10,14-16,19H,2-4,11-12,22H2,1H3,(H,25,26). The van der Waals surface area contributed by atoms with E-state index in [0.29, 0.717) is 23.6 Å². The van der Waals surface area contributed by atoms with Gasteiger partial charge < -0.3 is 15.8 Å². The summed E-state index contributed by atoms with van der Waals surface area (Å²) in [5.41, 5.74) is 7.96. The number of aryl methyl sites for hydroxylation is 1. The summed E-state index contributed by atoms with van der Waals surface area (Å²) >= 11 is 0. The second-order valence-electron chi connectivity index (χ2n) is 7.79. The maximum atomic E-state index is 12.7. The van der Waals surface area contributed by atoms with Crippen LogP contribution in [-0.4, -0.2) is 21.9 Å². The van der Waals surface area contributed by atoms with Gasteiger partial charge in [0.05, 0.1) is 0 Å². The molecule has 2 unspecified atom stereocenters. The Labute approximate surface area is 159 Å². The van der Waals surface area contributed by atoms with Crippen molar-refractivity contribution in [2.75, 3.05) is 5.32 Å². The van der Waals surface area contributed by atoms with E-state index in [0.717, 1.165) is 37.1 Å². The van der Waals surface area contributed by atoms with Gasteiger partial charge in [-0.15, -0.1) is 0 Å². The van der Waals surface area contributed by atoms with Crippen LogP contribution in [0.2, 0.25) is 0 Å². The highest BCUT2D eigenvalue weighted by Gasteiger charge is 2.40. The highest BCUT2D eigenvalue weighted by molar-refractivity contribution is 5.92. The highest BCUT2D eigenvalue weighted by atomic mass is 16.5. The number of nitrogens with two attached hydrogens (primary N) is 1. The van der Waals surface area contributed by atoms with E-state index in [2.05, 4.69) is 15.3 Å². The average Bonchev–Trinajstić information content (AvgIpc) is 2.63. The largest absolute Gasteiger partial charge is 0.424 e. The van der Waals surface area contributed by atoms with Crippen molar-refractivity contribution in [3.05, 3.63) is 42.2 Å². The lowest BCUT2D eigenvalue weighted by Crippen LogP contribution is -2.48. The molecular weight excluding hydrogens is 340 g/mol. The van der Waals surface area contributed by atoms with Crippen LogP contribution in [0.5, 0.6) is 11.8 Å². The van der Waals surface area contributed by atoms with Crippen molar-refractivity contribution in [1.29, 1.82) is 0 Å². The second kappa shape index (κ2) is 7.64. The van der Waals surface area contributed by atoms with Crippen LogP contribution in [0.25, 0.3) is 0 Å². The number of fused-ring (bicyclic) bond motifs is 2. The van der Waals surface area contributed by atoms with E-state index < -0.39 is 0 Å². The van der Waals surface area contributed by atoms with Gasteiger partial charge in [-0.05, 0) is 74.8 Å². The molecule has 2 aromatic rings. The van der Waals surface area contributed by atoms with Gasteiger partial charge in [0.25, 0.3) is 0 Å². The van der Waals surface area contributed by atoms with Crippen molar-refractivity contribution in [1.82, 2.24) is 9.97 Å². The van der Waals surface area contributed by atoms with Crippen molar-refractivity contribution in [2.45, 2.75) is 45.1 Å². The molecule has 1 heterocycles. The predicted octanol–water partition coefficient (Wildman–Crippen LogP) is 3.67. The molecule has 6 nitrogen and oxygen atoms in total. The summed E-state index contributed by atoms with van der Waals surface area (Å²) in [5.74, 6) is 1.81. The molecule has 1 aromatic heterocycles. The fourth-order valence-electron chi connectivity index (χ4n) is 4.43. The third-order valence-electron chi connectivity index (χ3n) is 5.89. The molecule has 2 saturated carbocycles. The van der Waals surface area contributed by atoms with E-state index in [-0.39, 0.29) is 17.9 Å². The summed E-state index contributed by atoms with van der Waals surface area (Å²) in [7, 11) is 0. The van der Waals surface area contributed by atoms with Crippen LogP contribution in [0.4, 0.5) is 5.69 Å². The number of nitrogens with one attached hydrogen (secondary N) is 1. The van der Waals surface area contributed by atoms with Gasteiger partial charge in [0.15, 0.2) is 0 Å². The number of hydrogen-bond acceptors (Lipinski definition) is 5. The van der Waals surface area contributed by atoms with Crippen LogP contribution in [0.1, 0.15) is 37.8 Å². The molecule has 142 valence electrons. The Bertz CT molecular complexity index is 794. The molecule has 27 heavy (non-hydrogen) atoms. The molecule has 0 aliphatic heterocycles. The molecule has 4 rings (SSSR count). The van der Waals surface area contributed by atoms with Crippen LogP contribution in [-0.2, 0) is 4.79 Å². The third kappa shape index (κ3) is 4.11. The smallest absolute Gasteiger partial charge is 0.322 e. The second-order valence-corrected chi connectivity index (χ2v) is 7.79. The van der Waals surface area contributed by atoms with Gasteiger partial charge in [-0.2, -0.15) is 0 Å². The van der Waals surface area contributed by atoms with Crippen LogP contribution >= 0.6 is 0 Å². The van der Waals surface area contributed by atoms with Crippen LogP contribution in [0.3, 0.4) is 0 Å². The molecule has 0 saturated heterocycles. The number of carbonyl (C=O) groups is 1. The topological polar surface area (TPSA) is 90.1 Å². The molecule has 2 aliphatic rings. The van der Waals surface area contributed by atoms with Gasteiger partial charge in [-0.3, -0.25) is 4.79 Å². The summed E-state index contributed by atoms with van der Waals surface area (Å²) < 4.78 is 5.65. The number of nitrogens with zero attached hydrogens (tertiary/aromatic N) is 2. The van der Waals surface area contributed by atoms with Gasteiger partial charge in [0, 0.05) is 29.5 Å². The Morgan fingerprint density at radius 3 is 2.52 bits per heavy atom. The van der Waals surface area contributed by atoms with Crippen LogP contribution in [0, 0.1) is 24.7 Å². The van der Waals surface area contributed by atoms with E-state index in [1.165, 1.54) is 6.42 Å². The number of carbonyl (C=O) groups excluding carboxylic acids is 1. The van der Waals surface area contributed by atoms with Crippen molar-refractivity contribution in [2.24, 2.45) is 23.5 Å². The molecule has 3 N–H and O–H groups in total. The van der Waals surface area contributed by atoms with Gasteiger partial charge >= 0.3 is 6.01 Å². The summed E-state index contributed by atoms with van der Waals surface area (Å²) in [4.78, 5) is 21.0. The Morgan fingerprint density at radius 1 is 1.15 bits per heavy atom. The molecule has 2 fully saturated rings. The quantitative estimate of drug-likeness (QED) is 0.862. The Balaban J connectivity index is 1.36. The lowest BCUT2D eigenvalue weighted by atomic mass is 9.65. The van der Waals surface area contributed by atoms with Crippen molar-refractivity contribution < 1.29 is 9.53 Å². The van der Waals surface area contributed by atoms with E-state index >= 15 is 0 Å². The Kier molecular flexibility index (Phi) is 5.07. The first kappa shape index (κ1) is 17.9. The highest BCUT2D eigenvalue weighted by Crippen LogP contribution is 2.42. The normalized spacial score (nSPS) is 27.0. The number of benzene rings is 1. The lowest BCUT2D eigenvalue weighted by molar-refractivity contribution is -0.122. The maximum absolute atomic E-state index is 12.7. The molecular formula is C21H26N4O2. The Hall–Kier alpha value is -2.47. The van der Waals surface area contributed by atoms with Gasteiger partial charge in [0.1, 0.15) is 5.75 Å². The Morgan fingerprint density at radius 2 is 1.85 bits per heavy atom. The molecule has 1 aromatic carbocycles. The molecule has 1 amide bonds. The molecule has 6 heteroatoms. The van der Waals surface area contributed by atoms with Crippen molar-refractivity contribution >= 4 is 11.6 Å². The van der Waals surface area contributed by atoms with Crippen LogP contribution < -0.4 is 15.8 Å². The molecule has 2 atom stereocenters. The molecule has 0 radical (unpaired) electrons. The zero-order chi connectivity index (χ0) is 18.8. The number of rotatable bonds is 4. The maximum Gasteiger partial charge on any atom is 0.322 e. The first-order chi connectivity index (χ1) is 13.1. The van der Waals surface area contributed by atoms with Gasteiger partial charge in [-0.25, -0.2) is 9.97 Å². The number of ether oxygens (including phenoxy) is 1. The van der Waals surface area contributed by atoms with Gasteiger partial charge in [0.2, 0.25) is 5.91 Å². The van der Waals surface area contributed by atoms with Crippen molar-refractivity contribution in [3.8, 4) is 11.8 Å². The average molecular weight is 366 g/mol. The minimum absolute atomic E-state index is 0.0664. The zero-order valence-corrected chi connectivity index (χ0v) is 15.6. The zero-order valence-electron chi connectivity index (χ0n) is 15.6. The predicted molar refractivity (Wildman–Crippen MR) is 103 cm³/mol. The first-order valence-corrected chi connectivity index (χ1v) is 9.72. The minimum atomic E-state index is 0.0664. The van der Waals surface area contributed by atoms with E-state index in [4.69, 9.17) is 10.5 Å². The first-order valence-electron chi connectivity index (χ1n) is 9.72. The van der Waals surface area contributed by atoms with Crippen molar-refractivity contribution in [3.63, 3.8) is 0 Å². The molecule has 2 aliphatic carbocycles. The molecule has 0 spiro atoms. The summed E-state index contributed by atoms with van der Waals surface area (Å²) in [6.07, 6.45) is 7.06.